The van der Waals surface area contributed by atoms with Crippen molar-refractivity contribution in [2.24, 2.45) is 0 Å². The van der Waals surface area contributed by atoms with E-state index in [9.17, 15) is 22.8 Å². The zero-order valence-electron chi connectivity index (χ0n) is 20.9. The molecule has 0 N–H and O–H groups in total. The Morgan fingerprint density at radius 1 is 1.15 bits per heavy atom. The minimum absolute atomic E-state index is 0.155. The van der Waals surface area contributed by atoms with Crippen LogP contribution in [-0.4, -0.2) is 35.6 Å². The number of rotatable bonds is 7. The number of carbonyl (C=O) groups excluding carboxylic acids is 1. The van der Waals surface area contributed by atoms with E-state index in [4.69, 9.17) is 9.15 Å². The number of aromatic nitrogens is 2. The number of benzene rings is 2. The monoisotopic (exact) mass is 541 g/mol. The van der Waals surface area contributed by atoms with E-state index in [0.29, 0.717) is 11.3 Å². The maximum absolute atomic E-state index is 14.4. The highest BCUT2D eigenvalue weighted by Gasteiger charge is 2.43. The molecule has 3 heterocycles. The van der Waals surface area contributed by atoms with E-state index >= 15 is 0 Å². The van der Waals surface area contributed by atoms with Gasteiger partial charge in [-0.25, -0.2) is 9.07 Å². The van der Waals surface area contributed by atoms with Crippen LogP contribution in [0.5, 0.6) is 17.2 Å². The summed E-state index contributed by atoms with van der Waals surface area (Å²) in [5, 5.41) is 4.62. The van der Waals surface area contributed by atoms with Crippen molar-refractivity contribution in [3.63, 3.8) is 0 Å². The van der Waals surface area contributed by atoms with Crippen molar-refractivity contribution in [1.29, 1.82) is 0 Å². The zero-order valence-corrected chi connectivity index (χ0v) is 20.9. The summed E-state index contributed by atoms with van der Waals surface area (Å²) in [5.41, 5.74) is 0.394. The second kappa shape index (κ2) is 9.07. The van der Waals surface area contributed by atoms with Crippen LogP contribution in [0, 0.1) is 5.82 Å². The second-order valence-corrected chi connectivity index (χ2v) is 9.29. The number of hydrogen-bond donors (Lipinski definition) is 0. The summed E-state index contributed by atoms with van der Waals surface area (Å²) in [5.74, 6) is -0.418. The smallest absolute Gasteiger partial charge is 0.497 e. The van der Waals surface area contributed by atoms with Gasteiger partial charge in [0, 0.05) is 35.8 Å². The zero-order chi connectivity index (χ0) is 27.5. The fourth-order valence-corrected chi connectivity index (χ4v) is 4.60. The molecule has 2 aliphatic rings. The number of anilines is 1. The summed E-state index contributed by atoms with van der Waals surface area (Å²) in [6.07, 6.45) is -1.94. The van der Waals surface area contributed by atoms with Crippen molar-refractivity contribution < 1.29 is 36.6 Å². The maximum Gasteiger partial charge on any atom is 0.586 e. The Bertz CT molecular complexity index is 1680. The van der Waals surface area contributed by atoms with Gasteiger partial charge in [-0.05, 0) is 50.1 Å². The fraction of sp³-hybridized carbons (Fsp3) is 0.296. The second-order valence-electron chi connectivity index (χ2n) is 9.29. The van der Waals surface area contributed by atoms with Gasteiger partial charge in [-0.15, -0.1) is 8.78 Å². The number of halogens is 3. The van der Waals surface area contributed by atoms with Crippen LogP contribution in [0.1, 0.15) is 31.4 Å². The molecule has 39 heavy (non-hydrogen) atoms. The third-order valence-electron chi connectivity index (χ3n) is 6.61. The molecule has 1 aliphatic heterocycles. The van der Waals surface area contributed by atoms with Crippen LogP contribution in [-0.2, 0) is 11.3 Å². The molecule has 0 atom stereocenters. The summed E-state index contributed by atoms with van der Waals surface area (Å²) in [4.78, 5) is 28.1. The number of hydrogen-bond acceptors (Lipinski definition) is 7. The van der Waals surface area contributed by atoms with Gasteiger partial charge < -0.3 is 23.5 Å². The van der Waals surface area contributed by atoms with E-state index in [0.717, 1.165) is 17.5 Å². The Morgan fingerprint density at radius 3 is 2.64 bits per heavy atom. The minimum atomic E-state index is -3.80. The Balaban J connectivity index is 1.40. The number of nitrogens with zero attached hydrogens (tertiary/aromatic N) is 3. The molecule has 12 heteroatoms. The van der Waals surface area contributed by atoms with Crippen LogP contribution in [0.4, 0.5) is 18.9 Å². The molecule has 0 radical (unpaired) electrons. The van der Waals surface area contributed by atoms with Crippen LogP contribution in [0.3, 0.4) is 0 Å². The van der Waals surface area contributed by atoms with E-state index in [-0.39, 0.29) is 52.1 Å². The first-order valence-corrected chi connectivity index (χ1v) is 12.3. The Hall–Kier alpha value is -4.48. The highest BCUT2D eigenvalue weighted by atomic mass is 19.3. The molecule has 1 aliphatic carbocycles. The first-order chi connectivity index (χ1) is 18.7. The van der Waals surface area contributed by atoms with Crippen molar-refractivity contribution in [3.05, 3.63) is 64.4 Å². The molecule has 1 fully saturated rings. The van der Waals surface area contributed by atoms with E-state index in [1.807, 2.05) is 0 Å². The molecule has 2 aromatic heterocycles. The Morgan fingerprint density at radius 2 is 1.92 bits per heavy atom. The van der Waals surface area contributed by atoms with Gasteiger partial charge in [0.15, 0.2) is 17.1 Å². The average Bonchev–Trinajstić information content (AvgIpc) is 3.56. The van der Waals surface area contributed by atoms with E-state index < -0.39 is 30.1 Å². The predicted octanol–water partition coefficient (Wildman–Crippen LogP) is 5.06. The van der Waals surface area contributed by atoms with Gasteiger partial charge in [-0.2, -0.15) is 5.10 Å². The summed E-state index contributed by atoms with van der Waals surface area (Å²) >= 11 is 0. The molecule has 0 saturated heterocycles. The number of alkyl halides is 2. The molecule has 6 rings (SSSR count). The van der Waals surface area contributed by atoms with Crippen LogP contribution >= 0.6 is 0 Å². The Kier molecular flexibility index (Phi) is 5.77. The number of likely N-dealkylation sites (N-methyl/N-ethyl adjacent to an activating group) is 1. The van der Waals surface area contributed by atoms with Crippen LogP contribution < -0.4 is 24.7 Å². The quantitative estimate of drug-likeness (QED) is 0.323. The van der Waals surface area contributed by atoms with Crippen LogP contribution in [0.15, 0.2) is 51.7 Å². The lowest BCUT2D eigenvalue weighted by Crippen LogP contribution is -2.37. The van der Waals surface area contributed by atoms with E-state index in [1.54, 1.807) is 19.1 Å². The molecule has 9 nitrogen and oxygen atoms in total. The lowest BCUT2D eigenvalue weighted by molar-refractivity contribution is -0.286. The topological polar surface area (TPSA) is 96.0 Å². The van der Waals surface area contributed by atoms with Gasteiger partial charge in [0.1, 0.15) is 29.6 Å². The van der Waals surface area contributed by atoms with Crippen LogP contribution in [0.2, 0.25) is 0 Å². The van der Waals surface area contributed by atoms with Crippen LogP contribution in [0.25, 0.3) is 22.2 Å². The third kappa shape index (κ3) is 4.55. The number of fused-ring (bicyclic) bond motifs is 2. The van der Waals surface area contributed by atoms with E-state index in [2.05, 4.69) is 14.6 Å². The van der Waals surface area contributed by atoms with Gasteiger partial charge in [-0.3, -0.25) is 9.59 Å². The first kappa shape index (κ1) is 24.8. The molecular formula is C27H22F3N3O6. The SMILES string of the molecule is CCN(C(=O)Cn1nc(-c2cc(F)cc(OC)c2)c2oc(C3CC3)cc2c1=O)c1ccc2c(c1)OC(F)(F)O2. The number of amides is 1. The van der Waals surface area contributed by atoms with Gasteiger partial charge in [0.05, 0.1) is 12.5 Å². The average molecular weight is 541 g/mol. The Labute approximate surface area is 219 Å². The summed E-state index contributed by atoms with van der Waals surface area (Å²) in [6, 6.07) is 9.62. The van der Waals surface area contributed by atoms with Gasteiger partial charge in [0.2, 0.25) is 5.91 Å². The highest BCUT2D eigenvalue weighted by Crippen LogP contribution is 2.44. The minimum Gasteiger partial charge on any atom is -0.497 e. The highest BCUT2D eigenvalue weighted by molar-refractivity contribution is 5.94. The molecule has 0 bridgehead atoms. The number of furan rings is 1. The van der Waals surface area contributed by atoms with Crippen molar-refractivity contribution in [2.75, 3.05) is 18.6 Å². The lowest BCUT2D eigenvalue weighted by atomic mass is 10.1. The summed E-state index contributed by atoms with van der Waals surface area (Å²) < 4.78 is 62.4. The maximum atomic E-state index is 14.4. The van der Waals surface area contributed by atoms with Crippen molar-refractivity contribution in [3.8, 4) is 28.5 Å². The predicted molar refractivity (Wildman–Crippen MR) is 133 cm³/mol. The molecule has 0 unspecified atom stereocenters. The largest absolute Gasteiger partial charge is 0.586 e. The fourth-order valence-electron chi connectivity index (χ4n) is 4.60. The molecule has 202 valence electrons. The van der Waals surface area contributed by atoms with Gasteiger partial charge in [0.25, 0.3) is 5.56 Å². The number of methoxy groups -OCH3 is 1. The van der Waals surface area contributed by atoms with Gasteiger partial charge >= 0.3 is 6.29 Å². The van der Waals surface area contributed by atoms with Crippen molar-refractivity contribution >= 4 is 22.6 Å². The summed E-state index contributed by atoms with van der Waals surface area (Å²) in [7, 11) is 1.40. The first-order valence-electron chi connectivity index (χ1n) is 12.3. The lowest BCUT2D eigenvalue weighted by Gasteiger charge is -2.21. The summed E-state index contributed by atoms with van der Waals surface area (Å²) in [6.45, 7) is 1.38. The van der Waals surface area contributed by atoms with Crippen molar-refractivity contribution in [2.45, 2.75) is 38.5 Å². The molecule has 2 aromatic carbocycles. The normalized spacial score (nSPS) is 15.5. The number of ether oxygens (including phenoxy) is 3. The van der Waals surface area contributed by atoms with Crippen molar-refractivity contribution in [1.82, 2.24) is 9.78 Å². The van der Waals surface area contributed by atoms with E-state index in [1.165, 1.54) is 42.3 Å². The molecule has 1 amide bonds. The molecule has 4 aromatic rings. The third-order valence-corrected chi connectivity index (χ3v) is 6.61. The standard InChI is InChI=1S/C27H22F3N3O6/c1-3-32(17-6-7-20-22(11-17)39-27(29,30)38-20)23(34)13-33-26(35)19-12-21(14-4-5-14)37-25(19)24(31-33)15-8-16(28)10-18(9-15)36-2/h6-12,14H,3-5,13H2,1-2H3. The molecular weight excluding hydrogens is 519 g/mol. The molecule has 0 spiro atoms. The van der Waals surface area contributed by atoms with Gasteiger partial charge in [-0.1, -0.05) is 0 Å². The molecule has 1 saturated carbocycles. The number of carbonyl (C=O) groups is 1.